The van der Waals surface area contributed by atoms with Gasteiger partial charge in [0.2, 0.25) is 0 Å². The second-order valence-corrected chi connectivity index (χ2v) is 6.04. The quantitative estimate of drug-likeness (QED) is 0.484. The number of thiophene rings is 1. The standard InChI is InChI=1S/C16H9ClN2S/c17-11-5-3-4-10(8-11)16-18-9-14-15(19-16)12-6-1-2-7-13(12)20-14/h1-9H. The summed E-state index contributed by atoms with van der Waals surface area (Å²) >= 11 is 7.75. The van der Waals surface area contributed by atoms with Gasteiger partial charge in [0.05, 0.1) is 10.2 Å². The molecule has 0 unspecified atom stereocenters. The van der Waals surface area contributed by atoms with Gasteiger partial charge in [0, 0.05) is 26.9 Å². The number of hydrogen-bond donors (Lipinski definition) is 0. The van der Waals surface area contributed by atoms with Crippen molar-refractivity contribution in [2.45, 2.75) is 0 Å². The van der Waals surface area contributed by atoms with Crippen molar-refractivity contribution in [2.24, 2.45) is 0 Å². The summed E-state index contributed by atoms with van der Waals surface area (Å²) in [5.41, 5.74) is 1.95. The molecule has 96 valence electrons. The summed E-state index contributed by atoms with van der Waals surface area (Å²) in [7, 11) is 0. The van der Waals surface area contributed by atoms with Crippen LogP contribution in [0.5, 0.6) is 0 Å². The fraction of sp³-hybridized carbons (Fsp3) is 0. The van der Waals surface area contributed by atoms with E-state index in [9.17, 15) is 0 Å². The highest BCUT2D eigenvalue weighted by atomic mass is 35.5. The van der Waals surface area contributed by atoms with Gasteiger partial charge in [-0.1, -0.05) is 41.9 Å². The molecule has 4 heteroatoms. The molecule has 0 N–H and O–H groups in total. The Morgan fingerprint density at radius 1 is 0.950 bits per heavy atom. The first-order chi connectivity index (χ1) is 9.81. The zero-order valence-corrected chi connectivity index (χ0v) is 11.9. The first-order valence-electron chi connectivity index (χ1n) is 6.21. The van der Waals surface area contributed by atoms with Crippen LogP contribution in [-0.2, 0) is 0 Å². The first kappa shape index (κ1) is 11.8. The van der Waals surface area contributed by atoms with Gasteiger partial charge in [0.25, 0.3) is 0 Å². The van der Waals surface area contributed by atoms with Crippen LogP contribution in [0.25, 0.3) is 31.7 Å². The maximum atomic E-state index is 6.03. The van der Waals surface area contributed by atoms with Crippen molar-refractivity contribution in [3.05, 3.63) is 59.8 Å². The molecule has 0 amide bonds. The van der Waals surface area contributed by atoms with Crippen LogP contribution < -0.4 is 0 Å². The van der Waals surface area contributed by atoms with E-state index >= 15 is 0 Å². The minimum absolute atomic E-state index is 0.696. The summed E-state index contributed by atoms with van der Waals surface area (Å²) < 4.78 is 2.34. The molecule has 2 aromatic carbocycles. The molecule has 0 bridgehead atoms. The van der Waals surface area contributed by atoms with E-state index in [0.717, 1.165) is 15.8 Å². The molecule has 0 atom stereocenters. The maximum Gasteiger partial charge on any atom is 0.159 e. The maximum absolute atomic E-state index is 6.03. The lowest BCUT2D eigenvalue weighted by atomic mass is 10.2. The molecule has 4 rings (SSSR count). The number of aromatic nitrogens is 2. The molecule has 4 aromatic rings. The van der Waals surface area contributed by atoms with E-state index in [1.807, 2.05) is 42.6 Å². The van der Waals surface area contributed by atoms with Crippen LogP contribution in [0.2, 0.25) is 5.02 Å². The fourth-order valence-corrected chi connectivity index (χ4v) is 3.48. The Balaban J connectivity index is 2.00. The van der Waals surface area contributed by atoms with Crippen molar-refractivity contribution in [3.8, 4) is 11.4 Å². The average Bonchev–Trinajstić information content (AvgIpc) is 2.85. The Morgan fingerprint density at radius 3 is 2.75 bits per heavy atom. The van der Waals surface area contributed by atoms with Crippen molar-refractivity contribution in [3.63, 3.8) is 0 Å². The summed E-state index contributed by atoms with van der Waals surface area (Å²) in [4.78, 5) is 9.17. The molecular weight excluding hydrogens is 288 g/mol. The highest BCUT2D eigenvalue weighted by molar-refractivity contribution is 7.25. The lowest BCUT2D eigenvalue weighted by Gasteiger charge is -2.00. The smallest absolute Gasteiger partial charge is 0.159 e. The Labute approximate surface area is 124 Å². The van der Waals surface area contributed by atoms with Gasteiger partial charge in [-0.2, -0.15) is 0 Å². The monoisotopic (exact) mass is 296 g/mol. The van der Waals surface area contributed by atoms with E-state index in [2.05, 4.69) is 17.1 Å². The molecule has 0 radical (unpaired) electrons. The topological polar surface area (TPSA) is 25.8 Å². The van der Waals surface area contributed by atoms with E-state index in [1.54, 1.807) is 11.3 Å². The average molecular weight is 297 g/mol. The van der Waals surface area contributed by atoms with Crippen molar-refractivity contribution in [2.75, 3.05) is 0 Å². The van der Waals surface area contributed by atoms with E-state index in [0.29, 0.717) is 10.8 Å². The van der Waals surface area contributed by atoms with Gasteiger partial charge in [-0.05, 0) is 18.2 Å². The third-order valence-corrected chi connectivity index (χ3v) is 4.53. The zero-order valence-electron chi connectivity index (χ0n) is 10.4. The number of fused-ring (bicyclic) bond motifs is 3. The molecule has 20 heavy (non-hydrogen) atoms. The number of rotatable bonds is 1. The van der Waals surface area contributed by atoms with Gasteiger partial charge in [0.1, 0.15) is 0 Å². The van der Waals surface area contributed by atoms with Gasteiger partial charge in [-0.25, -0.2) is 9.97 Å². The molecule has 2 heterocycles. The Hall–Kier alpha value is -1.97. The van der Waals surface area contributed by atoms with Crippen LogP contribution >= 0.6 is 22.9 Å². The lowest BCUT2D eigenvalue weighted by molar-refractivity contribution is 1.24. The third kappa shape index (κ3) is 1.87. The van der Waals surface area contributed by atoms with Gasteiger partial charge < -0.3 is 0 Å². The molecule has 2 aromatic heterocycles. The fourth-order valence-electron chi connectivity index (χ4n) is 2.27. The van der Waals surface area contributed by atoms with Crippen LogP contribution in [0.3, 0.4) is 0 Å². The van der Waals surface area contributed by atoms with Gasteiger partial charge in [-0.15, -0.1) is 11.3 Å². The summed E-state index contributed by atoms with van der Waals surface area (Å²) in [5, 5.41) is 1.87. The van der Waals surface area contributed by atoms with Crippen LogP contribution in [0.4, 0.5) is 0 Å². The summed E-state index contributed by atoms with van der Waals surface area (Å²) in [6, 6.07) is 15.9. The largest absolute Gasteiger partial charge is 0.235 e. The number of benzene rings is 2. The molecule has 0 aliphatic rings. The molecule has 0 saturated heterocycles. The predicted octanol–water partition coefficient (Wildman–Crippen LogP) is 5.16. The normalized spacial score (nSPS) is 11.2. The molecule has 0 spiro atoms. The lowest BCUT2D eigenvalue weighted by Crippen LogP contribution is -1.88. The highest BCUT2D eigenvalue weighted by Crippen LogP contribution is 2.33. The summed E-state index contributed by atoms with van der Waals surface area (Å²) in [6.45, 7) is 0. The number of hydrogen-bond acceptors (Lipinski definition) is 3. The predicted molar refractivity (Wildman–Crippen MR) is 85.4 cm³/mol. The van der Waals surface area contributed by atoms with E-state index in [1.165, 1.54) is 10.1 Å². The molecule has 0 fully saturated rings. The molecule has 0 saturated carbocycles. The van der Waals surface area contributed by atoms with Crippen LogP contribution in [0, 0.1) is 0 Å². The van der Waals surface area contributed by atoms with Gasteiger partial charge in [0.15, 0.2) is 5.82 Å². The van der Waals surface area contributed by atoms with E-state index in [4.69, 9.17) is 16.6 Å². The Morgan fingerprint density at radius 2 is 1.85 bits per heavy atom. The van der Waals surface area contributed by atoms with Crippen LogP contribution in [0.15, 0.2) is 54.7 Å². The highest BCUT2D eigenvalue weighted by Gasteiger charge is 2.09. The Kier molecular flexibility index (Phi) is 2.69. The SMILES string of the molecule is Clc1cccc(-c2ncc3sc4ccccc4c3n2)c1. The van der Waals surface area contributed by atoms with Gasteiger partial charge >= 0.3 is 0 Å². The molecule has 2 nitrogen and oxygen atoms in total. The summed E-state index contributed by atoms with van der Waals surface area (Å²) in [5.74, 6) is 0.712. The molecular formula is C16H9ClN2S. The second-order valence-electron chi connectivity index (χ2n) is 4.52. The third-order valence-electron chi connectivity index (χ3n) is 3.20. The number of halogens is 1. The van der Waals surface area contributed by atoms with Crippen LogP contribution in [-0.4, -0.2) is 9.97 Å². The van der Waals surface area contributed by atoms with Crippen molar-refractivity contribution in [1.29, 1.82) is 0 Å². The first-order valence-corrected chi connectivity index (χ1v) is 7.41. The van der Waals surface area contributed by atoms with Crippen molar-refractivity contribution in [1.82, 2.24) is 9.97 Å². The zero-order chi connectivity index (χ0) is 13.5. The number of nitrogens with zero attached hydrogens (tertiary/aromatic N) is 2. The van der Waals surface area contributed by atoms with Crippen LogP contribution in [0.1, 0.15) is 0 Å². The minimum Gasteiger partial charge on any atom is -0.235 e. The molecule has 0 aliphatic heterocycles. The van der Waals surface area contributed by atoms with Crippen molar-refractivity contribution < 1.29 is 0 Å². The van der Waals surface area contributed by atoms with E-state index < -0.39 is 0 Å². The van der Waals surface area contributed by atoms with Gasteiger partial charge in [-0.3, -0.25) is 0 Å². The second kappa shape index (κ2) is 4.54. The van der Waals surface area contributed by atoms with Crippen molar-refractivity contribution >= 4 is 43.2 Å². The Bertz CT molecular complexity index is 930. The minimum atomic E-state index is 0.696. The molecule has 0 aliphatic carbocycles. The summed E-state index contributed by atoms with van der Waals surface area (Å²) in [6.07, 6.45) is 1.89. The van der Waals surface area contributed by atoms with E-state index in [-0.39, 0.29) is 0 Å².